The molecule has 1 N–H and O–H groups in total. The van der Waals surface area contributed by atoms with E-state index in [0.717, 1.165) is 11.3 Å². The molecule has 0 unspecified atom stereocenters. The van der Waals surface area contributed by atoms with Crippen LogP contribution in [-0.2, 0) is 14.3 Å². The van der Waals surface area contributed by atoms with E-state index >= 15 is 0 Å². The molecule has 1 aliphatic heterocycles. The summed E-state index contributed by atoms with van der Waals surface area (Å²) in [5.41, 5.74) is 0.689. The van der Waals surface area contributed by atoms with E-state index in [0.29, 0.717) is 23.7 Å². The van der Waals surface area contributed by atoms with Crippen molar-refractivity contribution in [1.82, 2.24) is 4.90 Å². The fourth-order valence-corrected chi connectivity index (χ4v) is 4.39. The minimum absolute atomic E-state index is 0.0291. The van der Waals surface area contributed by atoms with Crippen LogP contribution in [0.4, 0.5) is 19.3 Å². The molecule has 1 heterocycles. The number of hydrogen-bond donors (Lipinski definition) is 1. The van der Waals surface area contributed by atoms with Crippen molar-refractivity contribution in [1.29, 1.82) is 0 Å². The Bertz CT molecular complexity index is 1290. The zero-order chi connectivity index (χ0) is 28.5. The monoisotopic (exact) mass is 582 g/mol. The average Bonchev–Trinajstić information content (AvgIpc) is 3.13. The van der Waals surface area contributed by atoms with Crippen molar-refractivity contribution in [3.8, 4) is 11.5 Å². The Hall–Kier alpha value is -3.64. The number of carbonyl (C=O) groups is 4. The summed E-state index contributed by atoms with van der Waals surface area (Å²) in [5.74, 6) is -2.15. The van der Waals surface area contributed by atoms with Gasteiger partial charge in [0.15, 0.2) is 11.5 Å². The zero-order valence-electron chi connectivity index (χ0n) is 21.0. The Morgan fingerprint density at radius 3 is 2.59 bits per heavy atom. The minimum atomic E-state index is -3.04. The second-order valence-electron chi connectivity index (χ2n) is 8.02. The molecule has 0 aliphatic carbocycles. The fourth-order valence-electron chi connectivity index (χ4n) is 3.35. The summed E-state index contributed by atoms with van der Waals surface area (Å²) in [5, 5.41) is 2.01. The van der Waals surface area contributed by atoms with Gasteiger partial charge in [0.25, 0.3) is 11.1 Å². The first-order valence-electron chi connectivity index (χ1n) is 11.9. The van der Waals surface area contributed by atoms with Crippen molar-refractivity contribution in [2.75, 3.05) is 25.1 Å². The highest BCUT2D eigenvalue weighted by Crippen LogP contribution is 2.35. The molecular weight excluding hydrogens is 558 g/mol. The van der Waals surface area contributed by atoms with Gasteiger partial charge in [-0.25, -0.2) is 4.79 Å². The van der Waals surface area contributed by atoms with Crippen LogP contribution in [-0.4, -0.2) is 54.3 Å². The number of benzene rings is 2. The number of rotatable bonds is 12. The summed E-state index contributed by atoms with van der Waals surface area (Å²) in [6.07, 6.45) is 2.92. The number of anilines is 1. The van der Waals surface area contributed by atoms with Crippen molar-refractivity contribution in [2.45, 2.75) is 33.3 Å². The second-order valence-corrected chi connectivity index (χ2v) is 9.42. The van der Waals surface area contributed by atoms with Gasteiger partial charge < -0.3 is 19.5 Å². The van der Waals surface area contributed by atoms with Gasteiger partial charge in [-0.3, -0.25) is 19.3 Å². The molecule has 2 aromatic rings. The molecule has 0 spiro atoms. The summed E-state index contributed by atoms with van der Waals surface area (Å²) in [7, 11) is 0. The van der Waals surface area contributed by atoms with Crippen LogP contribution in [0.5, 0.6) is 11.5 Å². The number of imide groups is 1. The largest absolute Gasteiger partial charge is 0.490 e. The van der Waals surface area contributed by atoms with E-state index in [1.165, 1.54) is 42.5 Å². The van der Waals surface area contributed by atoms with E-state index in [1.807, 2.05) is 6.92 Å². The molecule has 1 aliphatic rings. The first-order chi connectivity index (χ1) is 18.6. The predicted octanol–water partition coefficient (Wildman–Crippen LogP) is 5.97. The van der Waals surface area contributed by atoms with Gasteiger partial charge in [-0.15, -0.1) is 0 Å². The Balaban J connectivity index is 1.69. The molecule has 0 radical (unpaired) electrons. The van der Waals surface area contributed by atoms with Gasteiger partial charge in [0.1, 0.15) is 6.54 Å². The van der Waals surface area contributed by atoms with Crippen LogP contribution < -0.4 is 14.8 Å². The zero-order valence-corrected chi connectivity index (χ0v) is 22.6. The van der Waals surface area contributed by atoms with Gasteiger partial charge in [-0.2, -0.15) is 8.78 Å². The van der Waals surface area contributed by atoms with E-state index in [2.05, 4.69) is 10.1 Å². The molecular formula is C26H25ClF2N2O7S. The van der Waals surface area contributed by atoms with Crippen molar-refractivity contribution in [3.63, 3.8) is 0 Å². The molecule has 1 saturated heterocycles. The second kappa shape index (κ2) is 13.9. The van der Waals surface area contributed by atoms with Gasteiger partial charge in [-0.1, -0.05) is 31.0 Å². The minimum Gasteiger partial charge on any atom is -0.490 e. The van der Waals surface area contributed by atoms with E-state index in [4.69, 9.17) is 21.1 Å². The average molecular weight is 583 g/mol. The summed E-state index contributed by atoms with van der Waals surface area (Å²) in [6.45, 7) is 0.413. The highest BCUT2D eigenvalue weighted by atomic mass is 35.5. The number of nitrogens with zero attached hydrogens (tertiary/aromatic N) is 1. The maximum atomic E-state index is 12.8. The third-order valence-electron chi connectivity index (χ3n) is 5.16. The van der Waals surface area contributed by atoms with E-state index in [9.17, 15) is 28.0 Å². The SMILES string of the molecule is CCCCOC(=O)c1cc(NC(=O)CN2C(=O)S/C(=C\c3ccc(OC(F)F)c(OCC)c3)C2=O)ccc1Cl. The molecule has 9 nitrogen and oxygen atoms in total. The first kappa shape index (κ1) is 29.9. The highest BCUT2D eigenvalue weighted by Gasteiger charge is 2.36. The van der Waals surface area contributed by atoms with Gasteiger partial charge in [0.2, 0.25) is 5.91 Å². The van der Waals surface area contributed by atoms with Crippen molar-refractivity contribution >= 4 is 58.1 Å². The molecule has 3 amide bonds. The predicted molar refractivity (Wildman–Crippen MR) is 142 cm³/mol. The lowest BCUT2D eigenvalue weighted by atomic mass is 10.2. The van der Waals surface area contributed by atoms with Crippen molar-refractivity contribution in [2.24, 2.45) is 0 Å². The molecule has 1 fully saturated rings. The number of unbranched alkanes of at least 4 members (excludes halogenated alkanes) is 1. The lowest BCUT2D eigenvalue weighted by Gasteiger charge is -2.13. The summed E-state index contributed by atoms with van der Waals surface area (Å²) >= 11 is 6.71. The quantitative estimate of drug-likeness (QED) is 0.185. The first-order valence-corrected chi connectivity index (χ1v) is 13.1. The number of esters is 1. The van der Waals surface area contributed by atoms with Crippen LogP contribution in [0.2, 0.25) is 5.02 Å². The normalized spacial score (nSPS) is 14.2. The van der Waals surface area contributed by atoms with Crippen LogP contribution >= 0.6 is 23.4 Å². The number of carbonyl (C=O) groups excluding carboxylic acids is 4. The topological polar surface area (TPSA) is 111 Å². The molecule has 208 valence electrons. The standard InChI is InChI=1S/C26H25ClF2N2O7S/c1-3-5-10-37-24(34)17-13-16(7-8-18(17)27)30-22(32)14-31-23(33)21(39-26(31)35)12-15-6-9-19(38-25(28)29)20(11-15)36-4-2/h6-9,11-13,25H,3-5,10,14H2,1-2H3,(H,30,32)/b21-12-. The van der Waals surface area contributed by atoms with Gasteiger partial charge in [0, 0.05) is 5.69 Å². The molecule has 3 rings (SSSR count). The maximum absolute atomic E-state index is 12.8. The van der Waals surface area contributed by atoms with Gasteiger partial charge >= 0.3 is 12.6 Å². The fraction of sp³-hybridized carbons (Fsp3) is 0.308. The number of halogens is 3. The van der Waals surface area contributed by atoms with Crippen LogP contribution in [0.25, 0.3) is 6.08 Å². The van der Waals surface area contributed by atoms with E-state index in [1.54, 1.807) is 6.92 Å². The number of alkyl halides is 2. The summed E-state index contributed by atoms with van der Waals surface area (Å²) in [6, 6.07) is 8.32. The van der Waals surface area contributed by atoms with Crippen LogP contribution in [0.1, 0.15) is 42.6 Å². The van der Waals surface area contributed by atoms with E-state index < -0.39 is 36.2 Å². The molecule has 0 bridgehead atoms. The molecule has 39 heavy (non-hydrogen) atoms. The molecule has 0 aromatic heterocycles. The Morgan fingerprint density at radius 1 is 1.13 bits per heavy atom. The molecule has 13 heteroatoms. The summed E-state index contributed by atoms with van der Waals surface area (Å²) in [4.78, 5) is 51.0. The van der Waals surface area contributed by atoms with Crippen molar-refractivity contribution in [3.05, 3.63) is 57.5 Å². The summed E-state index contributed by atoms with van der Waals surface area (Å²) < 4.78 is 40.2. The highest BCUT2D eigenvalue weighted by molar-refractivity contribution is 8.18. The third kappa shape index (κ3) is 8.17. The van der Waals surface area contributed by atoms with Gasteiger partial charge in [0.05, 0.1) is 28.7 Å². The molecule has 0 saturated carbocycles. The lowest BCUT2D eigenvalue weighted by Crippen LogP contribution is -2.36. The number of ether oxygens (including phenoxy) is 3. The van der Waals surface area contributed by atoms with Crippen LogP contribution in [0, 0.1) is 0 Å². The van der Waals surface area contributed by atoms with Crippen molar-refractivity contribution < 1.29 is 42.2 Å². The van der Waals surface area contributed by atoms with Crippen LogP contribution in [0.15, 0.2) is 41.3 Å². The molecule has 0 atom stereocenters. The third-order valence-corrected chi connectivity index (χ3v) is 6.39. The smallest absolute Gasteiger partial charge is 0.387 e. The van der Waals surface area contributed by atoms with E-state index in [-0.39, 0.29) is 45.9 Å². The Morgan fingerprint density at radius 2 is 1.90 bits per heavy atom. The lowest BCUT2D eigenvalue weighted by molar-refractivity contribution is -0.127. The number of nitrogens with one attached hydrogen (secondary N) is 1. The maximum Gasteiger partial charge on any atom is 0.387 e. The Labute approximate surface area is 232 Å². The molecule has 2 aromatic carbocycles. The van der Waals surface area contributed by atoms with Gasteiger partial charge in [-0.05, 0) is 67.1 Å². The Kier molecular flexibility index (Phi) is 10.7. The number of thioether (sulfide) groups is 1. The van der Waals surface area contributed by atoms with Crippen LogP contribution in [0.3, 0.4) is 0 Å². The number of amides is 3. The number of hydrogen-bond acceptors (Lipinski definition) is 8.